The number of aliphatic hydroxyl groups is 1. The minimum atomic E-state index is -0.735. The number of carbonyl (C=O) groups excluding carboxylic acids is 1. The van der Waals surface area contributed by atoms with Gasteiger partial charge in [0.1, 0.15) is 5.78 Å². The van der Waals surface area contributed by atoms with E-state index in [1.807, 2.05) is 76.2 Å². The van der Waals surface area contributed by atoms with Gasteiger partial charge < -0.3 is 15.8 Å². The summed E-state index contributed by atoms with van der Waals surface area (Å²) < 4.78 is 0.538. The normalized spacial score (nSPS) is 12.6. The van der Waals surface area contributed by atoms with E-state index in [9.17, 15) is 9.90 Å². The van der Waals surface area contributed by atoms with Crippen molar-refractivity contribution in [3.63, 3.8) is 0 Å². The Kier molecular flexibility index (Phi) is 8.42. The molecule has 182 valence electrons. The Morgan fingerprint density at radius 2 is 1.88 bits per heavy atom. The van der Waals surface area contributed by atoms with E-state index in [0.29, 0.717) is 35.0 Å². The third-order valence-corrected chi connectivity index (χ3v) is 8.15. The highest BCUT2D eigenvalue weighted by molar-refractivity contribution is 7.16. The van der Waals surface area contributed by atoms with Crippen molar-refractivity contribution in [1.29, 1.82) is 0 Å². The van der Waals surface area contributed by atoms with E-state index in [1.165, 1.54) is 11.3 Å². The van der Waals surface area contributed by atoms with Crippen molar-refractivity contribution in [1.82, 2.24) is 0 Å². The summed E-state index contributed by atoms with van der Waals surface area (Å²) in [5.41, 5.74) is 10.8. The molecule has 0 saturated heterocycles. The van der Waals surface area contributed by atoms with Gasteiger partial charge in [0.2, 0.25) is 0 Å². The number of carbonyl (C=O) groups is 1. The second-order valence-corrected chi connectivity index (χ2v) is 10.9. The summed E-state index contributed by atoms with van der Waals surface area (Å²) in [7, 11) is 0. The van der Waals surface area contributed by atoms with Crippen LogP contribution in [-0.4, -0.2) is 17.4 Å². The van der Waals surface area contributed by atoms with Crippen LogP contribution in [0.3, 0.4) is 0 Å². The molecular formula is C27H34ClN3O2S. The molecule has 0 saturated carbocycles. The molecule has 5 N–H and O–H groups in total. The molecule has 5 nitrogen and oxygen atoms in total. The van der Waals surface area contributed by atoms with Gasteiger partial charge in [-0.15, -0.1) is 11.3 Å². The van der Waals surface area contributed by atoms with Crippen LogP contribution >= 0.6 is 22.9 Å². The number of anilines is 2. The van der Waals surface area contributed by atoms with Crippen LogP contribution in [0.2, 0.25) is 4.34 Å². The summed E-state index contributed by atoms with van der Waals surface area (Å²) in [6.07, 6.45) is 1.11. The van der Waals surface area contributed by atoms with Gasteiger partial charge in [0, 0.05) is 34.7 Å². The minimum Gasteiger partial charge on any atom is -0.397 e. The summed E-state index contributed by atoms with van der Waals surface area (Å²) in [4.78, 5) is 14.6. The first-order valence-electron chi connectivity index (χ1n) is 11.5. The highest BCUT2D eigenvalue weighted by Gasteiger charge is 2.40. The standard InChI is InChI=1S/C27H34ClN3O2S/c1-5-31(30)21-13-12-20(17(2)25(21)29)24(22-15-19(16-32)26(28)34-22)27(3,4)23(33)14-11-18-9-7-6-8-10-18/h6-10,12-13,15,24,32H,5,11,14,16,29-30H2,1-4H3. The van der Waals surface area contributed by atoms with E-state index in [0.717, 1.165) is 27.3 Å². The van der Waals surface area contributed by atoms with Crippen molar-refractivity contribution >= 4 is 40.1 Å². The average molecular weight is 500 g/mol. The van der Waals surface area contributed by atoms with Crippen molar-refractivity contribution in [2.45, 2.75) is 53.1 Å². The SMILES string of the molecule is CCN(N)c1ccc(C(c2cc(CO)c(Cl)s2)C(C)(C)C(=O)CCc2ccccc2)c(C)c1N. The Morgan fingerprint density at radius 1 is 1.21 bits per heavy atom. The van der Waals surface area contributed by atoms with E-state index >= 15 is 0 Å². The average Bonchev–Trinajstić information content (AvgIpc) is 3.20. The van der Waals surface area contributed by atoms with Crippen LogP contribution < -0.4 is 16.6 Å². The lowest BCUT2D eigenvalue weighted by Gasteiger charge is -2.35. The number of aryl methyl sites for hydroxylation is 1. The fraction of sp³-hybridized carbons (Fsp3) is 0.370. The van der Waals surface area contributed by atoms with Gasteiger partial charge in [-0.25, -0.2) is 5.84 Å². The van der Waals surface area contributed by atoms with Crippen LogP contribution in [0.15, 0.2) is 48.5 Å². The molecule has 34 heavy (non-hydrogen) atoms. The van der Waals surface area contributed by atoms with Gasteiger partial charge in [0.25, 0.3) is 0 Å². The zero-order valence-electron chi connectivity index (χ0n) is 20.3. The Morgan fingerprint density at radius 3 is 2.47 bits per heavy atom. The Hall–Kier alpha value is -2.38. The van der Waals surface area contributed by atoms with Crippen molar-refractivity contribution in [3.05, 3.63) is 80.0 Å². The van der Waals surface area contributed by atoms with Crippen molar-refractivity contribution < 1.29 is 9.90 Å². The number of aliphatic hydroxyl groups excluding tert-OH is 1. The molecule has 0 amide bonds. The quantitative estimate of drug-likeness (QED) is 0.185. The number of nitrogens with two attached hydrogens (primary N) is 2. The van der Waals surface area contributed by atoms with Crippen LogP contribution in [0.25, 0.3) is 0 Å². The summed E-state index contributed by atoms with van der Waals surface area (Å²) in [5.74, 6) is 6.01. The number of Topliss-reactive ketones (excluding diaryl/α,β-unsaturated/α-hetero) is 1. The summed E-state index contributed by atoms with van der Waals surface area (Å²) >= 11 is 7.84. The smallest absolute Gasteiger partial charge is 0.139 e. The fourth-order valence-electron chi connectivity index (χ4n) is 4.42. The highest BCUT2D eigenvalue weighted by Crippen LogP contribution is 2.49. The predicted molar refractivity (Wildman–Crippen MR) is 143 cm³/mol. The number of nitrogens with zero attached hydrogens (tertiary/aromatic N) is 1. The zero-order chi connectivity index (χ0) is 25.0. The first-order chi connectivity index (χ1) is 16.1. The zero-order valence-corrected chi connectivity index (χ0v) is 21.8. The molecule has 0 radical (unpaired) electrons. The largest absolute Gasteiger partial charge is 0.397 e. The van der Waals surface area contributed by atoms with E-state index in [1.54, 1.807) is 5.01 Å². The lowest BCUT2D eigenvalue weighted by Crippen LogP contribution is -2.34. The summed E-state index contributed by atoms with van der Waals surface area (Å²) in [6.45, 7) is 8.38. The summed E-state index contributed by atoms with van der Waals surface area (Å²) in [6, 6.07) is 15.9. The first-order valence-corrected chi connectivity index (χ1v) is 12.7. The van der Waals surface area contributed by atoms with Gasteiger partial charge in [0.05, 0.1) is 22.3 Å². The Labute approximate surface area is 211 Å². The van der Waals surface area contributed by atoms with Crippen LogP contribution in [0, 0.1) is 12.3 Å². The maximum atomic E-state index is 13.7. The number of ketones is 1. The van der Waals surface area contributed by atoms with Gasteiger partial charge >= 0.3 is 0 Å². The minimum absolute atomic E-state index is 0.150. The number of nitrogen functional groups attached to an aromatic ring is 1. The molecule has 2 aromatic carbocycles. The van der Waals surface area contributed by atoms with Crippen molar-refractivity contribution in [2.75, 3.05) is 17.3 Å². The number of hydrogen-bond acceptors (Lipinski definition) is 6. The maximum absolute atomic E-state index is 13.7. The van der Waals surface area contributed by atoms with E-state index in [4.69, 9.17) is 23.2 Å². The fourth-order valence-corrected chi connectivity index (χ4v) is 6.01. The predicted octanol–water partition coefficient (Wildman–Crippen LogP) is 5.84. The molecule has 1 atom stereocenters. The van der Waals surface area contributed by atoms with E-state index in [2.05, 4.69) is 0 Å². The lowest BCUT2D eigenvalue weighted by molar-refractivity contribution is -0.127. The third kappa shape index (κ3) is 5.31. The number of hydrazine groups is 1. The lowest BCUT2D eigenvalue weighted by atomic mass is 9.69. The van der Waals surface area contributed by atoms with E-state index in [-0.39, 0.29) is 18.3 Å². The molecule has 0 aliphatic carbocycles. The molecule has 1 aromatic heterocycles. The topological polar surface area (TPSA) is 92.6 Å². The molecule has 0 aliphatic heterocycles. The van der Waals surface area contributed by atoms with Crippen LogP contribution in [0.4, 0.5) is 11.4 Å². The molecular weight excluding hydrogens is 466 g/mol. The monoisotopic (exact) mass is 499 g/mol. The van der Waals surface area contributed by atoms with Gasteiger partial charge in [-0.1, -0.05) is 61.8 Å². The van der Waals surface area contributed by atoms with Crippen LogP contribution in [-0.2, 0) is 17.8 Å². The highest BCUT2D eigenvalue weighted by atomic mass is 35.5. The number of rotatable bonds is 10. The Balaban J connectivity index is 2.07. The van der Waals surface area contributed by atoms with Gasteiger partial charge in [-0.2, -0.15) is 0 Å². The third-order valence-electron chi connectivity index (χ3n) is 6.65. The second-order valence-electron chi connectivity index (χ2n) is 9.17. The van der Waals surface area contributed by atoms with Crippen molar-refractivity contribution in [3.8, 4) is 0 Å². The second kappa shape index (κ2) is 10.9. The molecule has 0 spiro atoms. The molecule has 1 heterocycles. The number of thiophene rings is 1. The molecule has 7 heteroatoms. The number of halogens is 1. The van der Waals surface area contributed by atoms with Crippen molar-refractivity contribution in [2.24, 2.45) is 11.3 Å². The molecule has 3 rings (SSSR count). The van der Waals surface area contributed by atoms with Crippen LogP contribution in [0.5, 0.6) is 0 Å². The van der Waals surface area contributed by atoms with Gasteiger partial charge in [-0.05, 0) is 49.1 Å². The van der Waals surface area contributed by atoms with E-state index < -0.39 is 5.41 Å². The number of benzene rings is 2. The van der Waals surface area contributed by atoms with Crippen LogP contribution in [0.1, 0.15) is 60.2 Å². The van der Waals surface area contributed by atoms with Gasteiger partial charge in [0.15, 0.2) is 0 Å². The maximum Gasteiger partial charge on any atom is 0.139 e. The van der Waals surface area contributed by atoms with Gasteiger partial charge in [-0.3, -0.25) is 4.79 Å². The molecule has 0 bridgehead atoms. The Bertz CT molecular complexity index is 1140. The molecule has 0 aliphatic rings. The summed E-state index contributed by atoms with van der Waals surface area (Å²) in [5, 5.41) is 11.4. The first kappa shape index (κ1) is 26.2. The molecule has 0 fully saturated rings. The number of hydrogen-bond donors (Lipinski definition) is 3. The molecule has 1 unspecified atom stereocenters. The molecule has 3 aromatic rings.